The van der Waals surface area contributed by atoms with E-state index < -0.39 is 17.9 Å². The number of ether oxygens (including phenoxy) is 1. The van der Waals surface area contributed by atoms with Crippen LogP contribution in [0.5, 0.6) is 0 Å². The summed E-state index contributed by atoms with van der Waals surface area (Å²) in [4.78, 5) is 33.3. The van der Waals surface area contributed by atoms with Crippen molar-refractivity contribution in [2.75, 3.05) is 19.9 Å². The van der Waals surface area contributed by atoms with Gasteiger partial charge in [-0.3, -0.25) is 14.9 Å². The van der Waals surface area contributed by atoms with Gasteiger partial charge in [-0.15, -0.1) is 5.10 Å². The molecule has 0 saturated heterocycles. The van der Waals surface area contributed by atoms with Crippen molar-refractivity contribution in [3.05, 3.63) is 0 Å². The number of tetrazole rings is 1. The van der Waals surface area contributed by atoms with Gasteiger partial charge in [0.05, 0.1) is 7.11 Å². The van der Waals surface area contributed by atoms with Gasteiger partial charge in [0.2, 0.25) is 11.1 Å². The second-order valence-corrected chi connectivity index (χ2v) is 4.48. The Labute approximate surface area is 118 Å². The van der Waals surface area contributed by atoms with Crippen molar-refractivity contribution in [2.24, 2.45) is 0 Å². The van der Waals surface area contributed by atoms with Gasteiger partial charge in [-0.05, 0) is 10.4 Å². The van der Waals surface area contributed by atoms with E-state index in [-0.39, 0.29) is 13.0 Å². The zero-order valence-electron chi connectivity index (χ0n) is 11.0. The molecule has 11 heteroatoms. The van der Waals surface area contributed by atoms with Gasteiger partial charge in [-0.25, -0.2) is 9.48 Å². The van der Waals surface area contributed by atoms with Crippen LogP contribution in [0.15, 0.2) is 5.16 Å². The maximum atomic E-state index is 11.3. The van der Waals surface area contributed by atoms with Crippen molar-refractivity contribution < 1.29 is 19.1 Å². The quantitative estimate of drug-likeness (QED) is 0.494. The molecule has 0 fully saturated rings. The standard InChI is InChI=1S/C9H14N6O4S/c1-10-8(18)11-6(16)3-4-20-9-12-13-14-15(9)5-7(17)19-2/h3-5H2,1-2H3,(H2,10,11,16,18). The highest BCUT2D eigenvalue weighted by Gasteiger charge is 2.12. The van der Waals surface area contributed by atoms with Crippen LogP contribution in [-0.2, 0) is 20.9 Å². The van der Waals surface area contributed by atoms with Crippen LogP contribution in [0, 0.1) is 0 Å². The van der Waals surface area contributed by atoms with Crippen molar-refractivity contribution in [1.82, 2.24) is 30.8 Å². The molecule has 0 radical (unpaired) electrons. The fraction of sp³-hybridized carbons (Fsp3) is 0.556. The SMILES string of the molecule is CNC(=O)NC(=O)CCSc1nnnn1CC(=O)OC. The molecule has 0 aliphatic rings. The van der Waals surface area contributed by atoms with E-state index in [1.165, 1.54) is 30.6 Å². The van der Waals surface area contributed by atoms with Crippen LogP contribution in [0.1, 0.15) is 6.42 Å². The lowest BCUT2D eigenvalue weighted by atomic mass is 10.4. The van der Waals surface area contributed by atoms with Gasteiger partial charge in [0.1, 0.15) is 6.54 Å². The van der Waals surface area contributed by atoms with Crippen LogP contribution in [0.2, 0.25) is 0 Å². The van der Waals surface area contributed by atoms with Crippen molar-refractivity contribution in [3.63, 3.8) is 0 Å². The molecule has 0 aromatic carbocycles. The van der Waals surface area contributed by atoms with Gasteiger partial charge in [0, 0.05) is 19.2 Å². The molecular formula is C9H14N6O4S. The highest BCUT2D eigenvalue weighted by Crippen LogP contribution is 2.14. The molecule has 0 aliphatic heterocycles. The lowest BCUT2D eigenvalue weighted by molar-refractivity contribution is -0.141. The number of urea groups is 1. The second kappa shape index (κ2) is 8.09. The highest BCUT2D eigenvalue weighted by molar-refractivity contribution is 7.99. The number of rotatable bonds is 6. The van der Waals surface area contributed by atoms with Gasteiger partial charge in [0.15, 0.2) is 0 Å². The molecule has 2 N–H and O–H groups in total. The summed E-state index contributed by atoms with van der Waals surface area (Å²) in [5.41, 5.74) is 0. The van der Waals surface area contributed by atoms with Crippen molar-refractivity contribution in [3.8, 4) is 0 Å². The summed E-state index contributed by atoms with van der Waals surface area (Å²) in [6.07, 6.45) is 0.114. The molecule has 20 heavy (non-hydrogen) atoms. The molecule has 0 aliphatic carbocycles. The van der Waals surface area contributed by atoms with Crippen LogP contribution in [0.4, 0.5) is 4.79 Å². The number of carbonyl (C=O) groups is 3. The average molecular weight is 302 g/mol. The maximum Gasteiger partial charge on any atom is 0.327 e. The van der Waals surface area contributed by atoms with E-state index >= 15 is 0 Å². The van der Waals surface area contributed by atoms with Crippen LogP contribution < -0.4 is 10.6 Å². The summed E-state index contributed by atoms with van der Waals surface area (Å²) >= 11 is 1.20. The third-order valence-electron chi connectivity index (χ3n) is 2.05. The van der Waals surface area contributed by atoms with Crippen molar-refractivity contribution >= 4 is 29.7 Å². The number of amides is 3. The third-order valence-corrected chi connectivity index (χ3v) is 3.00. The maximum absolute atomic E-state index is 11.3. The highest BCUT2D eigenvalue weighted by atomic mass is 32.2. The van der Waals surface area contributed by atoms with E-state index in [2.05, 4.69) is 30.9 Å². The summed E-state index contributed by atoms with van der Waals surface area (Å²) in [5, 5.41) is 15.6. The van der Waals surface area contributed by atoms with Crippen LogP contribution in [-0.4, -0.2) is 58.0 Å². The molecule has 1 aromatic heterocycles. The molecule has 1 heterocycles. The number of esters is 1. The number of aromatic nitrogens is 4. The number of nitrogens with zero attached hydrogens (tertiary/aromatic N) is 4. The fourth-order valence-electron chi connectivity index (χ4n) is 1.07. The zero-order chi connectivity index (χ0) is 15.0. The Hall–Kier alpha value is -2.17. The molecule has 3 amide bonds. The van der Waals surface area contributed by atoms with Gasteiger partial charge in [-0.1, -0.05) is 11.8 Å². The normalized spacial score (nSPS) is 9.90. The topological polar surface area (TPSA) is 128 Å². The predicted molar refractivity (Wildman–Crippen MR) is 67.8 cm³/mol. The monoisotopic (exact) mass is 302 g/mol. The van der Waals surface area contributed by atoms with E-state index in [4.69, 9.17) is 0 Å². The van der Waals surface area contributed by atoms with Gasteiger partial charge in [-0.2, -0.15) is 0 Å². The summed E-state index contributed by atoms with van der Waals surface area (Å²) in [5.74, 6) is -0.523. The fourth-order valence-corrected chi connectivity index (χ4v) is 1.89. The number of thioether (sulfide) groups is 1. The lowest BCUT2D eigenvalue weighted by Gasteiger charge is -2.04. The summed E-state index contributed by atoms with van der Waals surface area (Å²) in [6.45, 7) is -0.101. The molecule has 10 nitrogen and oxygen atoms in total. The first-order valence-corrected chi connectivity index (χ1v) is 6.52. The van der Waals surface area contributed by atoms with Crippen LogP contribution in [0.25, 0.3) is 0 Å². The van der Waals surface area contributed by atoms with Gasteiger partial charge >= 0.3 is 12.0 Å². The minimum atomic E-state index is -0.560. The van der Waals surface area contributed by atoms with E-state index in [1.807, 2.05) is 0 Å². The largest absolute Gasteiger partial charge is 0.468 e. The minimum absolute atomic E-state index is 0.101. The Kier molecular flexibility index (Phi) is 6.43. The molecule has 0 spiro atoms. The number of hydrogen-bond acceptors (Lipinski definition) is 8. The summed E-state index contributed by atoms with van der Waals surface area (Å²) < 4.78 is 5.78. The predicted octanol–water partition coefficient (Wildman–Crippen LogP) is -1.22. The summed E-state index contributed by atoms with van der Waals surface area (Å²) in [6, 6.07) is -0.560. The molecule has 110 valence electrons. The molecular weight excluding hydrogens is 288 g/mol. The first kappa shape index (κ1) is 15.9. The Morgan fingerprint density at radius 3 is 2.80 bits per heavy atom. The molecule has 0 bridgehead atoms. The van der Waals surface area contributed by atoms with E-state index in [0.717, 1.165) is 0 Å². The molecule has 0 saturated carbocycles. The Balaban J connectivity index is 2.39. The van der Waals surface area contributed by atoms with Crippen molar-refractivity contribution in [1.29, 1.82) is 0 Å². The van der Waals surface area contributed by atoms with Gasteiger partial charge in [0.25, 0.3) is 0 Å². The molecule has 1 rings (SSSR count). The zero-order valence-corrected chi connectivity index (χ0v) is 11.8. The smallest absolute Gasteiger partial charge is 0.327 e. The first-order valence-electron chi connectivity index (χ1n) is 5.54. The van der Waals surface area contributed by atoms with Crippen LogP contribution in [0.3, 0.4) is 0 Å². The van der Waals surface area contributed by atoms with Gasteiger partial charge < -0.3 is 10.1 Å². The van der Waals surface area contributed by atoms with Crippen molar-refractivity contribution in [2.45, 2.75) is 18.1 Å². The summed E-state index contributed by atoms with van der Waals surface area (Å²) in [7, 11) is 2.68. The molecule has 0 unspecified atom stereocenters. The lowest BCUT2D eigenvalue weighted by Crippen LogP contribution is -2.37. The van der Waals surface area contributed by atoms with E-state index in [1.54, 1.807) is 0 Å². The Morgan fingerprint density at radius 2 is 2.15 bits per heavy atom. The number of carbonyl (C=O) groups excluding carboxylic acids is 3. The van der Waals surface area contributed by atoms with E-state index in [0.29, 0.717) is 10.9 Å². The Morgan fingerprint density at radius 1 is 1.40 bits per heavy atom. The number of nitrogens with one attached hydrogen (secondary N) is 2. The average Bonchev–Trinajstić information content (AvgIpc) is 2.85. The molecule has 1 aromatic rings. The number of imide groups is 1. The van der Waals surface area contributed by atoms with E-state index in [9.17, 15) is 14.4 Å². The first-order chi connectivity index (χ1) is 9.56. The number of hydrogen-bond donors (Lipinski definition) is 2. The van der Waals surface area contributed by atoms with Crippen LogP contribution >= 0.6 is 11.8 Å². The Bertz CT molecular complexity index is 491. The second-order valence-electron chi connectivity index (χ2n) is 3.42. The number of methoxy groups -OCH3 is 1. The third kappa shape index (κ3) is 5.22. The minimum Gasteiger partial charge on any atom is -0.468 e. The molecule has 0 atom stereocenters.